The van der Waals surface area contributed by atoms with Gasteiger partial charge >= 0.3 is 0 Å². The van der Waals surface area contributed by atoms with Crippen molar-refractivity contribution in [2.75, 3.05) is 5.75 Å². The fraction of sp³-hybridized carbons (Fsp3) is 0.667. The Kier molecular flexibility index (Phi) is 3.29. The minimum atomic E-state index is -3.42. The fourth-order valence-corrected chi connectivity index (χ4v) is 3.18. The molecule has 0 radical (unpaired) electrons. The lowest BCUT2D eigenvalue weighted by molar-refractivity contribution is 0.275. The summed E-state index contributed by atoms with van der Waals surface area (Å²) < 4.78 is 24.0. The molecule has 1 aromatic heterocycles. The lowest BCUT2D eigenvalue weighted by atomic mass is 9.74. The molecule has 102 valence electrons. The molecule has 6 heteroatoms. The van der Waals surface area contributed by atoms with Gasteiger partial charge in [-0.3, -0.25) is 0 Å². The van der Waals surface area contributed by atoms with Crippen LogP contribution in [0.3, 0.4) is 0 Å². The smallest absolute Gasteiger partial charge is 0.210 e. The zero-order valence-corrected chi connectivity index (χ0v) is 11.7. The average Bonchev–Trinajstić information content (AvgIpc) is 2.55. The van der Waals surface area contributed by atoms with Crippen LogP contribution in [0.4, 0.5) is 0 Å². The Bertz CT molecular complexity index is 546. The number of nitrogens with two attached hydrogens (primary N) is 2. The van der Waals surface area contributed by atoms with Gasteiger partial charge in [0.1, 0.15) is 0 Å². The second-order valence-electron chi connectivity index (χ2n) is 5.93. The van der Waals surface area contributed by atoms with Gasteiger partial charge < -0.3 is 10.3 Å². The molecule has 1 aliphatic carbocycles. The zero-order valence-electron chi connectivity index (χ0n) is 10.9. The molecule has 0 fully saturated rings. The molecule has 1 atom stereocenters. The van der Waals surface area contributed by atoms with Gasteiger partial charge in [0.05, 0.1) is 5.75 Å². The summed E-state index contributed by atoms with van der Waals surface area (Å²) in [6, 6.07) is 2.04. The first-order valence-electron chi connectivity index (χ1n) is 6.12. The van der Waals surface area contributed by atoms with Crippen molar-refractivity contribution in [2.24, 2.45) is 16.3 Å². The number of rotatable bonds is 3. The lowest BCUT2D eigenvalue weighted by Gasteiger charge is -2.34. The van der Waals surface area contributed by atoms with Gasteiger partial charge in [0.25, 0.3) is 0 Å². The SMILES string of the molecule is CC1(C)Cc2c(ccn2CCS(N)(=O)=O)C(N)C1. The molecule has 1 heterocycles. The third kappa shape index (κ3) is 2.93. The van der Waals surface area contributed by atoms with Gasteiger partial charge in [-0.25, -0.2) is 13.6 Å². The highest BCUT2D eigenvalue weighted by molar-refractivity contribution is 7.89. The van der Waals surface area contributed by atoms with Crippen molar-refractivity contribution in [3.05, 3.63) is 23.5 Å². The Labute approximate surface area is 108 Å². The Balaban J connectivity index is 2.26. The van der Waals surface area contributed by atoms with Crippen LogP contribution in [0.5, 0.6) is 0 Å². The fourth-order valence-electron chi connectivity index (χ4n) is 2.73. The molecule has 1 aliphatic rings. The molecule has 4 N–H and O–H groups in total. The second kappa shape index (κ2) is 4.36. The molecule has 0 spiro atoms. The summed E-state index contributed by atoms with van der Waals surface area (Å²) in [5.41, 5.74) is 8.62. The Hall–Kier alpha value is -0.850. The van der Waals surface area contributed by atoms with E-state index in [1.54, 1.807) is 0 Å². The molecule has 5 nitrogen and oxygen atoms in total. The number of primary sulfonamides is 1. The predicted molar refractivity (Wildman–Crippen MR) is 71.4 cm³/mol. The van der Waals surface area contributed by atoms with E-state index in [2.05, 4.69) is 13.8 Å². The first kappa shape index (κ1) is 13.6. The van der Waals surface area contributed by atoms with E-state index < -0.39 is 10.0 Å². The highest BCUT2D eigenvalue weighted by Crippen LogP contribution is 2.39. The van der Waals surface area contributed by atoms with Crippen LogP contribution < -0.4 is 10.9 Å². The Morgan fingerprint density at radius 1 is 1.50 bits per heavy atom. The third-order valence-electron chi connectivity index (χ3n) is 3.55. The summed E-state index contributed by atoms with van der Waals surface area (Å²) >= 11 is 0. The van der Waals surface area contributed by atoms with Crippen LogP contribution in [0, 0.1) is 5.41 Å². The molecular formula is C12H21N3O2S. The molecule has 2 rings (SSSR count). The standard InChI is InChI=1S/C12H21N3O2S/c1-12(2)7-10(13)9-3-4-15(11(9)8-12)5-6-18(14,16)17/h3-4,10H,5-8,13H2,1-2H3,(H2,14,16,17). The molecule has 0 aromatic carbocycles. The van der Waals surface area contributed by atoms with E-state index in [4.69, 9.17) is 10.9 Å². The summed E-state index contributed by atoms with van der Waals surface area (Å²) in [4.78, 5) is 0. The van der Waals surface area contributed by atoms with Crippen LogP contribution in [0.2, 0.25) is 0 Å². The normalized spacial score (nSPS) is 22.8. The zero-order chi connectivity index (χ0) is 13.6. The number of aryl methyl sites for hydroxylation is 1. The molecule has 0 bridgehead atoms. The maximum Gasteiger partial charge on any atom is 0.210 e. The molecule has 0 amide bonds. The number of hydrogen-bond donors (Lipinski definition) is 2. The van der Waals surface area contributed by atoms with Crippen molar-refractivity contribution in [3.8, 4) is 0 Å². The van der Waals surface area contributed by atoms with Gasteiger partial charge in [-0.1, -0.05) is 13.8 Å². The van der Waals surface area contributed by atoms with Gasteiger partial charge in [-0.05, 0) is 29.9 Å². The van der Waals surface area contributed by atoms with Crippen LogP contribution in [-0.2, 0) is 23.0 Å². The van der Waals surface area contributed by atoms with E-state index in [9.17, 15) is 8.42 Å². The van der Waals surface area contributed by atoms with Crippen molar-refractivity contribution in [3.63, 3.8) is 0 Å². The third-order valence-corrected chi connectivity index (χ3v) is 4.30. The minimum absolute atomic E-state index is 0.0379. The molecule has 0 saturated carbocycles. The van der Waals surface area contributed by atoms with Gasteiger partial charge in [-0.2, -0.15) is 0 Å². The van der Waals surface area contributed by atoms with Crippen molar-refractivity contribution in [2.45, 2.75) is 39.3 Å². The first-order chi connectivity index (χ1) is 8.18. The van der Waals surface area contributed by atoms with Crippen LogP contribution in [-0.4, -0.2) is 18.7 Å². The van der Waals surface area contributed by atoms with Crippen molar-refractivity contribution < 1.29 is 8.42 Å². The highest BCUT2D eigenvalue weighted by atomic mass is 32.2. The van der Waals surface area contributed by atoms with Crippen molar-refractivity contribution in [1.82, 2.24) is 4.57 Å². The maximum atomic E-state index is 11.0. The van der Waals surface area contributed by atoms with Gasteiger partial charge in [-0.15, -0.1) is 0 Å². The molecule has 1 aromatic rings. The van der Waals surface area contributed by atoms with E-state index in [0.717, 1.165) is 24.1 Å². The van der Waals surface area contributed by atoms with Crippen LogP contribution in [0.1, 0.15) is 37.6 Å². The summed E-state index contributed by atoms with van der Waals surface area (Å²) in [5.74, 6) is -0.0379. The quantitative estimate of drug-likeness (QED) is 0.849. The topological polar surface area (TPSA) is 91.1 Å². The number of aromatic nitrogens is 1. The van der Waals surface area contributed by atoms with Crippen LogP contribution in [0.15, 0.2) is 12.3 Å². The van der Waals surface area contributed by atoms with Crippen LogP contribution in [0.25, 0.3) is 0 Å². The van der Waals surface area contributed by atoms with Gasteiger partial charge in [0.2, 0.25) is 10.0 Å². The molecule has 1 unspecified atom stereocenters. The average molecular weight is 271 g/mol. The van der Waals surface area contributed by atoms with E-state index in [0.29, 0.717) is 6.54 Å². The number of fused-ring (bicyclic) bond motifs is 1. The summed E-state index contributed by atoms with van der Waals surface area (Å²) in [6.45, 7) is 4.77. The van der Waals surface area contributed by atoms with Crippen LogP contribution >= 0.6 is 0 Å². The number of nitrogens with zero attached hydrogens (tertiary/aromatic N) is 1. The van der Waals surface area contributed by atoms with Crippen molar-refractivity contribution in [1.29, 1.82) is 0 Å². The largest absolute Gasteiger partial charge is 0.350 e. The molecule has 18 heavy (non-hydrogen) atoms. The first-order valence-corrected chi connectivity index (χ1v) is 7.83. The summed E-state index contributed by atoms with van der Waals surface area (Å²) in [7, 11) is -3.42. The van der Waals surface area contributed by atoms with E-state index >= 15 is 0 Å². The monoisotopic (exact) mass is 271 g/mol. The number of hydrogen-bond acceptors (Lipinski definition) is 3. The highest BCUT2D eigenvalue weighted by Gasteiger charge is 2.32. The molecule has 0 aliphatic heterocycles. The van der Waals surface area contributed by atoms with Gasteiger partial charge in [0, 0.05) is 24.5 Å². The lowest BCUT2D eigenvalue weighted by Crippen LogP contribution is -2.31. The van der Waals surface area contributed by atoms with E-state index in [1.807, 2.05) is 16.8 Å². The minimum Gasteiger partial charge on any atom is -0.350 e. The van der Waals surface area contributed by atoms with Gasteiger partial charge in [0.15, 0.2) is 0 Å². The number of sulfonamides is 1. The van der Waals surface area contributed by atoms with E-state index in [-0.39, 0.29) is 17.2 Å². The van der Waals surface area contributed by atoms with Crippen molar-refractivity contribution >= 4 is 10.0 Å². The Morgan fingerprint density at radius 2 is 2.17 bits per heavy atom. The predicted octanol–water partition coefficient (Wildman–Crippen LogP) is 0.749. The molecule has 0 saturated heterocycles. The second-order valence-corrected chi connectivity index (χ2v) is 7.66. The summed E-state index contributed by atoms with van der Waals surface area (Å²) in [6.07, 6.45) is 3.80. The van der Waals surface area contributed by atoms with E-state index in [1.165, 1.54) is 0 Å². The molecular weight excluding hydrogens is 250 g/mol. The maximum absolute atomic E-state index is 11.0. The Morgan fingerprint density at radius 3 is 2.78 bits per heavy atom. The summed E-state index contributed by atoms with van der Waals surface area (Å²) in [5, 5.41) is 5.04.